The molecular formula is C11H9F3O4S. The molecular weight excluding hydrogens is 285 g/mol. The van der Waals surface area contributed by atoms with E-state index in [0.29, 0.717) is 24.8 Å². The highest BCUT2D eigenvalue weighted by Crippen LogP contribution is 2.30. The third-order valence-corrected chi connectivity index (χ3v) is 3.70. The van der Waals surface area contributed by atoms with Crippen LogP contribution in [0, 0.1) is 0 Å². The van der Waals surface area contributed by atoms with Crippen molar-refractivity contribution in [1.82, 2.24) is 0 Å². The molecule has 0 radical (unpaired) electrons. The number of carbonyl (C=O) groups excluding carboxylic acids is 1. The monoisotopic (exact) mass is 294 g/mol. The summed E-state index contributed by atoms with van der Waals surface area (Å²) in [6, 6.07) is 3.56. The fourth-order valence-electron chi connectivity index (χ4n) is 1.83. The molecule has 0 atom stereocenters. The van der Waals surface area contributed by atoms with Gasteiger partial charge in [0, 0.05) is 12.0 Å². The number of ketones is 1. The molecule has 0 fully saturated rings. The normalized spacial score (nSPS) is 16.1. The summed E-state index contributed by atoms with van der Waals surface area (Å²) in [5, 5.41) is 0. The van der Waals surface area contributed by atoms with Gasteiger partial charge in [-0.1, -0.05) is 6.07 Å². The van der Waals surface area contributed by atoms with Gasteiger partial charge in [-0.15, -0.1) is 0 Å². The van der Waals surface area contributed by atoms with Gasteiger partial charge in [0.2, 0.25) is 0 Å². The maximum absolute atomic E-state index is 12.2. The summed E-state index contributed by atoms with van der Waals surface area (Å²) in [6.45, 7) is 0. The van der Waals surface area contributed by atoms with Crippen LogP contribution in [0.5, 0.6) is 5.75 Å². The molecule has 0 aromatic heterocycles. The summed E-state index contributed by atoms with van der Waals surface area (Å²) < 4.78 is 62.1. The Kier molecular flexibility index (Phi) is 3.29. The van der Waals surface area contributed by atoms with Gasteiger partial charge in [-0.05, 0) is 30.5 Å². The van der Waals surface area contributed by atoms with E-state index >= 15 is 0 Å². The lowest BCUT2D eigenvalue weighted by atomic mass is 9.91. The first-order chi connectivity index (χ1) is 8.71. The van der Waals surface area contributed by atoms with Crippen LogP contribution in [0.3, 0.4) is 0 Å². The molecule has 0 unspecified atom stereocenters. The number of benzene rings is 1. The van der Waals surface area contributed by atoms with Crippen molar-refractivity contribution < 1.29 is 30.6 Å². The van der Waals surface area contributed by atoms with Crippen LogP contribution in [0.25, 0.3) is 0 Å². The lowest BCUT2D eigenvalue weighted by Crippen LogP contribution is -2.28. The standard InChI is InChI=1S/C11H9F3O4S/c12-11(13,14)19(16,17)18-8-5-4-7-2-1-3-10(15)9(7)6-8/h4-6H,1-3H2. The number of fused-ring (bicyclic) bond motifs is 1. The van der Waals surface area contributed by atoms with Gasteiger partial charge in [0.05, 0.1) is 0 Å². The van der Waals surface area contributed by atoms with Gasteiger partial charge in [0.25, 0.3) is 0 Å². The van der Waals surface area contributed by atoms with Crippen LogP contribution in [0.2, 0.25) is 0 Å². The minimum Gasteiger partial charge on any atom is -0.376 e. The smallest absolute Gasteiger partial charge is 0.376 e. The van der Waals surface area contributed by atoms with Gasteiger partial charge in [-0.25, -0.2) is 0 Å². The van der Waals surface area contributed by atoms with Crippen molar-refractivity contribution in [2.24, 2.45) is 0 Å². The molecule has 0 saturated heterocycles. The van der Waals surface area contributed by atoms with E-state index in [9.17, 15) is 26.4 Å². The Balaban J connectivity index is 2.34. The molecule has 1 aliphatic rings. The lowest BCUT2D eigenvalue weighted by molar-refractivity contribution is -0.0500. The molecule has 0 bridgehead atoms. The van der Waals surface area contributed by atoms with Gasteiger partial charge in [-0.2, -0.15) is 21.6 Å². The van der Waals surface area contributed by atoms with E-state index in [1.807, 2.05) is 0 Å². The first-order valence-electron chi connectivity index (χ1n) is 5.37. The van der Waals surface area contributed by atoms with Crippen molar-refractivity contribution in [3.05, 3.63) is 29.3 Å². The van der Waals surface area contributed by atoms with E-state index < -0.39 is 21.4 Å². The van der Waals surface area contributed by atoms with E-state index in [2.05, 4.69) is 4.18 Å². The Morgan fingerprint density at radius 3 is 2.47 bits per heavy atom. The first-order valence-corrected chi connectivity index (χ1v) is 6.78. The zero-order valence-electron chi connectivity index (χ0n) is 9.53. The molecule has 1 aliphatic carbocycles. The van der Waals surface area contributed by atoms with Crippen molar-refractivity contribution >= 4 is 15.9 Å². The maximum Gasteiger partial charge on any atom is 0.534 e. The van der Waals surface area contributed by atoms with Gasteiger partial charge in [0.1, 0.15) is 5.75 Å². The molecule has 0 N–H and O–H groups in total. The van der Waals surface area contributed by atoms with Crippen LogP contribution >= 0.6 is 0 Å². The van der Waals surface area contributed by atoms with Gasteiger partial charge in [0.15, 0.2) is 5.78 Å². The number of carbonyl (C=O) groups is 1. The van der Waals surface area contributed by atoms with Gasteiger partial charge >= 0.3 is 15.6 Å². The second-order valence-electron chi connectivity index (χ2n) is 4.08. The summed E-state index contributed by atoms with van der Waals surface area (Å²) in [7, 11) is -5.71. The largest absolute Gasteiger partial charge is 0.534 e. The molecule has 1 aromatic rings. The van der Waals surface area contributed by atoms with Crippen LogP contribution in [-0.4, -0.2) is 19.7 Å². The SMILES string of the molecule is O=C1CCCc2ccc(OS(=O)(=O)C(F)(F)F)cc21. The van der Waals surface area contributed by atoms with Crippen molar-refractivity contribution in [3.8, 4) is 5.75 Å². The molecule has 0 aliphatic heterocycles. The van der Waals surface area contributed by atoms with E-state index in [0.717, 1.165) is 12.1 Å². The highest BCUT2D eigenvalue weighted by atomic mass is 32.2. The summed E-state index contributed by atoms with van der Waals surface area (Å²) >= 11 is 0. The Labute approximate surface area is 107 Å². The summed E-state index contributed by atoms with van der Waals surface area (Å²) in [5.41, 5.74) is -4.58. The van der Waals surface area contributed by atoms with Crippen molar-refractivity contribution in [1.29, 1.82) is 0 Å². The first kappa shape index (κ1) is 13.9. The third-order valence-electron chi connectivity index (χ3n) is 2.72. The molecule has 19 heavy (non-hydrogen) atoms. The number of alkyl halides is 3. The summed E-state index contributed by atoms with van der Waals surface area (Å²) in [4.78, 5) is 11.6. The number of hydrogen-bond acceptors (Lipinski definition) is 4. The fourth-order valence-corrected chi connectivity index (χ4v) is 2.28. The van der Waals surface area contributed by atoms with Crippen LogP contribution in [0.15, 0.2) is 18.2 Å². The van der Waals surface area contributed by atoms with Crippen LogP contribution in [0.1, 0.15) is 28.8 Å². The molecule has 2 rings (SSSR count). The number of halogens is 3. The predicted octanol–water partition coefficient (Wildman–Crippen LogP) is 2.43. The quantitative estimate of drug-likeness (QED) is 0.621. The Bertz CT molecular complexity index is 619. The average molecular weight is 294 g/mol. The Morgan fingerprint density at radius 1 is 1.16 bits per heavy atom. The predicted molar refractivity (Wildman–Crippen MR) is 59.3 cm³/mol. The van der Waals surface area contributed by atoms with E-state index in [4.69, 9.17) is 0 Å². The van der Waals surface area contributed by atoms with Crippen molar-refractivity contribution in [2.45, 2.75) is 24.8 Å². The molecule has 0 amide bonds. The minimum atomic E-state index is -5.71. The molecule has 104 valence electrons. The number of rotatable bonds is 2. The van der Waals surface area contributed by atoms with Crippen molar-refractivity contribution in [3.63, 3.8) is 0 Å². The molecule has 8 heteroatoms. The highest BCUT2D eigenvalue weighted by molar-refractivity contribution is 7.88. The molecule has 0 saturated carbocycles. The minimum absolute atomic E-state index is 0.223. The Hall–Kier alpha value is -1.57. The van der Waals surface area contributed by atoms with Crippen LogP contribution in [-0.2, 0) is 16.5 Å². The maximum atomic E-state index is 12.2. The Morgan fingerprint density at radius 2 is 1.84 bits per heavy atom. The molecule has 0 spiro atoms. The lowest BCUT2D eigenvalue weighted by Gasteiger charge is -2.16. The summed E-state index contributed by atoms with van der Waals surface area (Å²) in [5.74, 6) is -0.734. The molecule has 4 nitrogen and oxygen atoms in total. The zero-order chi connectivity index (χ0) is 14.3. The second kappa shape index (κ2) is 4.52. The van der Waals surface area contributed by atoms with Gasteiger partial charge in [-0.3, -0.25) is 4.79 Å². The summed E-state index contributed by atoms with van der Waals surface area (Å²) in [6.07, 6.45) is 1.60. The van der Waals surface area contributed by atoms with Gasteiger partial charge < -0.3 is 4.18 Å². The second-order valence-corrected chi connectivity index (χ2v) is 5.62. The highest BCUT2D eigenvalue weighted by Gasteiger charge is 2.48. The van der Waals surface area contributed by atoms with Crippen LogP contribution in [0.4, 0.5) is 13.2 Å². The average Bonchev–Trinajstić information content (AvgIpc) is 2.28. The molecule has 1 aromatic carbocycles. The van der Waals surface area contributed by atoms with Crippen molar-refractivity contribution in [2.75, 3.05) is 0 Å². The fraction of sp³-hybridized carbons (Fsp3) is 0.364. The van der Waals surface area contributed by atoms with E-state index in [-0.39, 0.29) is 11.3 Å². The topological polar surface area (TPSA) is 60.4 Å². The third kappa shape index (κ3) is 2.73. The number of Topliss-reactive ketones (excluding diaryl/α,β-unsaturated/α-hetero) is 1. The number of aryl methyl sites for hydroxylation is 1. The zero-order valence-corrected chi connectivity index (χ0v) is 10.3. The van der Waals surface area contributed by atoms with E-state index in [1.54, 1.807) is 0 Å². The van der Waals surface area contributed by atoms with Crippen LogP contribution < -0.4 is 4.18 Å². The molecule has 0 heterocycles. The number of hydrogen-bond donors (Lipinski definition) is 0. The van der Waals surface area contributed by atoms with E-state index in [1.165, 1.54) is 6.07 Å².